The third kappa shape index (κ3) is 5.51. The molecule has 7 nitrogen and oxygen atoms in total. The molecule has 2 N–H and O–H groups in total. The number of halogens is 1. The number of carbonyl (C=O) groups is 1. The summed E-state index contributed by atoms with van der Waals surface area (Å²) in [4.78, 5) is 17.3. The molecule has 8 heteroatoms. The first-order chi connectivity index (χ1) is 15.3. The van der Waals surface area contributed by atoms with Crippen LogP contribution in [0.5, 0.6) is 5.75 Å². The predicted octanol–water partition coefficient (Wildman–Crippen LogP) is 3.93. The van der Waals surface area contributed by atoms with Gasteiger partial charge in [-0.25, -0.2) is 4.39 Å². The Kier molecular flexibility index (Phi) is 7.25. The molecule has 32 heavy (non-hydrogen) atoms. The number of nitrogens with zero attached hydrogens (tertiary/aromatic N) is 3. The van der Waals surface area contributed by atoms with Crippen LogP contribution in [0, 0.1) is 26.6 Å². The Balaban J connectivity index is 1.79. The van der Waals surface area contributed by atoms with E-state index in [1.54, 1.807) is 38.3 Å². The molecule has 0 aliphatic heterocycles. The molecule has 0 radical (unpaired) electrons. The topological polar surface area (TPSA) is 80.5 Å². The molecular weight excluding hydrogens is 409 g/mol. The molecule has 0 atom stereocenters. The van der Waals surface area contributed by atoms with Crippen LogP contribution in [0.4, 0.5) is 10.1 Å². The van der Waals surface area contributed by atoms with Crippen LogP contribution in [0.3, 0.4) is 0 Å². The van der Waals surface area contributed by atoms with Crippen molar-refractivity contribution < 1.29 is 13.9 Å². The number of methoxy groups -OCH3 is 1. The standard InChI is InChI=1S/C24H28FN5O2/c1-15-6-7-18(14-22(15)25)23(31)28-24(27-19-8-10-20(32-5)11-9-19)26-13-12-21-16(2)29-30(4)17(21)3/h6-11,14H,12-13H2,1-5H3,(H2,26,27,28,31). The van der Waals surface area contributed by atoms with Crippen molar-refractivity contribution >= 4 is 17.6 Å². The van der Waals surface area contributed by atoms with Crippen LogP contribution in [-0.2, 0) is 13.5 Å². The van der Waals surface area contributed by atoms with Crippen LogP contribution in [0.25, 0.3) is 0 Å². The Hall–Kier alpha value is -3.68. The molecule has 1 aromatic heterocycles. The highest BCUT2D eigenvalue weighted by atomic mass is 19.1. The molecule has 0 saturated carbocycles. The lowest BCUT2D eigenvalue weighted by Gasteiger charge is -2.13. The molecule has 3 aromatic rings. The minimum atomic E-state index is -0.447. The molecule has 0 unspecified atom stereocenters. The summed E-state index contributed by atoms with van der Waals surface area (Å²) in [6.45, 7) is 6.07. The van der Waals surface area contributed by atoms with E-state index >= 15 is 0 Å². The number of nitrogens with one attached hydrogen (secondary N) is 2. The number of ether oxygens (including phenoxy) is 1. The number of rotatable bonds is 6. The van der Waals surface area contributed by atoms with Crippen molar-refractivity contribution in [2.45, 2.75) is 27.2 Å². The fourth-order valence-electron chi connectivity index (χ4n) is 3.29. The number of aromatic nitrogens is 2. The number of aryl methyl sites for hydroxylation is 3. The molecule has 0 saturated heterocycles. The van der Waals surface area contributed by atoms with E-state index in [1.807, 2.05) is 37.7 Å². The first-order valence-electron chi connectivity index (χ1n) is 10.3. The van der Waals surface area contributed by atoms with Crippen molar-refractivity contribution in [3.63, 3.8) is 0 Å². The van der Waals surface area contributed by atoms with Gasteiger partial charge in [0.1, 0.15) is 11.6 Å². The first-order valence-corrected chi connectivity index (χ1v) is 10.3. The number of anilines is 1. The maximum Gasteiger partial charge on any atom is 0.258 e. The molecule has 0 aliphatic carbocycles. The quantitative estimate of drug-likeness (QED) is 0.452. The van der Waals surface area contributed by atoms with Gasteiger partial charge in [-0.2, -0.15) is 5.10 Å². The molecule has 0 aliphatic rings. The lowest BCUT2D eigenvalue weighted by Crippen LogP contribution is -2.36. The molecule has 168 valence electrons. The number of aliphatic imine (C=N–C) groups is 1. The van der Waals surface area contributed by atoms with Crippen molar-refractivity contribution in [1.82, 2.24) is 15.1 Å². The molecule has 0 bridgehead atoms. The van der Waals surface area contributed by atoms with Gasteiger partial charge >= 0.3 is 0 Å². The zero-order chi connectivity index (χ0) is 23.3. The number of hydrogen-bond donors (Lipinski definition) is 2. The Morgan fingerprint density at radius 2 is 1.88 bits per heavy atom. The van der Waals surface area contributed by atoms with Gasteiger partial charge in [-0.3, -0.25) is 19.8 Å². The van der Waals surface area contributed by atoms with E-state index in [2.05, 4.69) is 20.7 Å². The summed E-state index contributed by atoms with van der Waals surface area (Å²) in [5, 5.41) is 10.3. The fourth-order valence-corrected chi connectivity index (χ4v) is 3.29. The van der Waals surface area contributed by atoms with Gasteiger partial charge in [0.25, 0.3) is 5.91 Å². The number of benzene rings is 2. The van der Waals surface area contributed by atoms with Crippen LogP contribution in [-0.4, -0.2) is 35.3 Å². The van der Waals surface area contributed by atoms with Gasteiger partial charge in [0.2, 0.25) is 5.96 Å². The van der Waals surface area contributed by atoms with Crippen LogP contribution in [0.2, 0.25) is 0 Å². The molecule has 2 aromatic carbocycles. The van der Waals surface area contributed by atoms with Gasteiger partial charge in [-0.05, 0) is 74.7 Å². The number of hydrogen-bond acceptors (Lipinski definition) is 4. The first kappa shape index (κ1) is 23.0. The lowest BCUT2D eigenvalue weighted by atomic mass is 10.1. The molecule has 1 amide bonds. The van der Waals surface area contributed by atoms with Crippen LogP contribution in [0.1, 0.15) is 32.9 Å². The zero-order valence-electron chi connectivity index (χ0n) is 19.0. The Morgan fingerprint density at radius 1 is 1.16 bits per heavy atom. The third-order valence-corrected chi connectivity index (χ3v) is 5.31. The van der Waals surface area contributed by atoms with Gasteiger partial charge in [0.15, 0.2) is 0 Å². The number of guanidine groups is 1. The van der Waals surface area contributed by atoms with Gasteiger partial charge in [-0.1, -0.05) is 6.07 Å². The molecule has 3 rings (SSSR count). The summed E-state index contributed by atoms with van der Waals surface area (Å²) in [5.41, 5.74) is 4.61. The summed E-state index contributed by atoms with van der Waals surface area (Å²) in [6.07, 6.45) is 0.675. The van der Waals surface area contributed by atoms with Crippen molar-refractivity contribution in [3.05, 3.63) is 76.4 Å². The Labute approximate surface area is 187 Å². The Morgan fingerprint density at radius 3 is 2.47 bits per heavy atom. The zero-order valence-corrected chi connectivity index (χ0v) is 19.0. The van der Waals surface area contributed by atoms with Gasteiger partial charge < -0.3 is 10.1 Å². The van der Waals surface area contributed by atoms with E-state index in [-0.39, 0.29) is 11.5 Å². The molecular formula is C24H28FN5O2. The van der Waals surface area contributed by atoms with E-state index in [4.69, 9.17) is 4.74 Å². The number of amides is 1. The van der Waals surface area contributed by atoms with Gasteiger partial charge in [0.05, 0.1) is 12.8 Å². The summed E-state index contributed by atoms with van der Waals surface area (Å²) < 4.78 is 20.9. The smallest absolute Gasteiger partial charge is 0.258 e. The van der Waals surface area contributed by atoms with Gasteiger partial charge in [0, 0.05) is 30.5 Å². The summed E-state index contributed by atoms with van der Waals surface area (Å²) in [6, 6.07) is 11.6. The largest absolute Gasteiger partial charge is 0.497 e. The minimum absolute atomic E-state index is 0.219. The second kappa shape index (κ2) is 10.1. The fraction of sp³-hybridized carbons (Fsp3) is 0.292. The van der Waals surface area contributed by atoms with E-state index in [1.165, 1.54) is 6.07 Å². The monoisotopic (exact) mass is 437 g/mol. The van der Waals surface area contributed by atoms with E-state index in [0.29, 0.717) is 18.5 Å². The van der Waals surface area contributed by atoms with E-state index in [9.17, 15) is 9.18 Å². The average Bonchev–Trinajstić information content (AvgIpc) is 3.01. The van der Waals surface area contributed by atoms with Crippen LogP contribution < -0.4 is 15.4 Å². The summed E-state index contributed by atoms with van der Waals surface area (Å²) in [5.74, 6) is 0.121. The normalized spacial score (nSPS) is 11.4. The highest BCUT2D eigenvalue weighted by Gasteiger charge is 2.13. The van der Waals surface area contributed by atoms with Crippen LogP contribution >= 0.6 is 0 Å². The highest BCUT2D eigenvalue weighted by Crippen LogP contribution is 2.16. The average molecular weight is 438 g/mol. The number of carbonyl (C=O) groups excluding carboxylic acids is 1. The second-order valence-corrected chi connectivity index (χ2v) is 7.52. The van der Waals surface area contributed by atoms with Crippen molar-refractivity contribution in [1.29, 1.82) is 0 Å². The Bertz CT molecular complexity index is 1140. The van der Waals surface area contributed by atoms with E-state index in [0.717, 1.165) is 28.4 Å². The predicted molar refractivity (Wildman–Crippen MR) is 124 cm³/mol. The van der Waals surface area contributed by atoms with Crippen molar-refractivity contribution in [2.75, 3.05) is 19.0 Å². The van der Waals surface area contributed by atoms with Crippen molar-refractivity contribution in [3.8, 4) is 5.75 Å². The highest BCUT2D eigenvalue weighted by molar-refractivity contribution is 6.10. The third-order valence-electron chi connectivity index (χ3n) is 5.31. The van der Waals surface area contributed by atoms with Crippen LogP contribution in [0.15, 0.2) is 47.5 Å². The van der Waals surface area contributed by atoms with Crippen molar-refractivity contribution in [2.24, 2.45) is 12.0 Å². The minimum Gasteiger partial charge on any atom is -0.497 e. The maximum absolute atomic E-state index is 13.9. The maximum atomic E-state index is 13.9. The SMILES string of the molecule is COc1ccc(NC(=NCCc2c(C)nn(C)c2C)NC(=O)c2ccc(C)c(F)c2)cc1. The summed E-state index contributed by atoms with van der Waals surface area (Å²) >= 11 is 0. The summed E-state index contributed by atoms with van der Waals surface area (Å²) in [7, 11) is 3.51. The lowest BCUT2D eigenvalue weighted by molar-refractivity contribution is 0.0976. The molecule has 0 fully saturated rings. The van der Waals surface area contributed by atoms with Gasteiger partial charge in [-0.15, -0.1) is 0 Å². The van der Waals surface area contributed by atoms with E-state index < -0.39 is 11.7 Å². The second-order valence-electron chi connectivity index (χ2n) is 7.52. The molecule has 0 spiro atoms. The molecule has 1 heterocycles.